The van der Waals surface area contributed by atoms with E-state index >= 15 is 0 Å². The van der Waals surface area contributed by atoms with Gasteiger partial charge in [0.1, 0.15) is 5.92 Å². The molecule has 1 heterocycles. The van der Waals surface area contributed by atoms with Crippen LogP contribution in [0.15, 0.2) is 5.16 Å². The first-order chi connectivity index (χ1) is 9.18. The van der Waals surface area contributed by atoms with E-state index in [1.165, 1.54) is 4.90 Å². The molecule has 20 heavy (non-hydrogen) atoms. The summed E-state index contributed by atoms with van der Waals surface area (Å²) in [7, 11) is 0. The number of piperidine rings is 1. The topological polar surface area (TPSA) is 78.9 Å². The van der Waals surface area contributed by atoms with Crippen LogP contribution in [0, 0.1) is 17.8 Å². The third-order valence-corrected chi connectivity index (χ3v) is 3.56. The molecule has 5 nitrogen and oxygen atoms in total. The van der Waals surface area contributed by atoms with Crippen LogP contribution in [0.1, 0.15) is 26.7 Å². The van der Waals surface area contributed by atoms with Gasteiger partial charge in [0, 0.05) is 13.1 Å². The van der Waals surface area contributed by atoms with E-state index in [2.05, 4.69) is 5.16 Å². The Bertz CT molecular complexity index is 383. The highest BCUT2D eigenvalue weighted by molar-refractivity contribution is 6.02. The van der Waals surface area contributed by atoms with Crippen LogP contribution in [0.3, 0.4) is 0 Å². The molecule has 0 saturated carbocycles. The van der Waals surface area contributed by atoms with Gasteiger partial charge in [0.05, 0.1) is 5.92 Å². The summed E-state index contributed by atoms with van der Waals surface area (Å²) in [5, 5.41) is 11.5. The highest BCUT2D eigenvalue weighted by Crippen LogP contribution is 2.33. The molecule has 0 aromatic heterocycles. The lowest BCUT2D eigenvalue weighted by atomic mass is 9.90. The van der Waals surface area contributed by atoms with Crippen LogP contribution in [0.4, 0.5) is 13.2 Å². The number of alkyl halides is 3. The normalized spacial score (nSPS) is 23.0. The van der Waals surface area contributed by atoms with Gasteiger partial charge in [-0.1, -0.05) is 19.0 Å². The van der Waals surface area contributed by atoms with Crippen molar-refractivity contribution in [1.29, 1.82) is 0 Å². The number of amides is 1. The van der Waals surface area contributed by atoms with Crippen molar-refractivity contribution in [2.24, 2.45) is 28.6 Å². The molecular formula is C12H20F3N3O2. The van der Waals surface area contributed by atoms with Gasteiger partial charge < -0.3 is 15.8 Å². The first-order valence-electron chi connectivity index (χ1n) is 6.51. The van der Waals surface area contributed by atoms with E-state index < -0.39 is 23.9 Å². The lowest BCUT2D eigenvalue weighted by Gasteiger charge is -2.36. The number of rotatable bonds is 3. The molecule has 0 spiro atoms. The molecule has 0 bridgehead atoms. The van der Waals surface area contributed by atoms with Gasteiger partial charge in [-0.05, 0) is 18.8 Å². The molecule has 0 aliphatic carbocycles. The molecule has 1 aliphatic rings. The van der Waals surface area contributed by atoms with E-state index in [0.29, 0.717) is 6.42 Å². The van der Waals surface area contributed by atoms with Crippen molar-refractivity contribution in [2.75, 3.05) is 13.1 Å². The third-order valence-electron chi connectivity index (χ3n) is 3.56. The van der Waals surface area contributed by atoms with E-state index in [0.717, 1.165) is 0 Å². The average molecular weight is 295 g/mol. The fourth-order valence-electron chi connectivity index (χ4n) is 2.46. The van der Waals surface area contributed by atoms with Crippen molar-refractivity contribution in [3.8, 4) is 0 Å². The zero-order valence-corrected chi connectivity index (χ0v) is 11.5. The van der Waals surface area contributed by atoms with Gasteiger partial charge in [-0.25, -0.2) is 0 Å². The van der Waals surface area contributed by atoms with Crippen LogP contribution in [0.5, 0.6) is 0 Å². The number of nitrogens with two attached hydrogens (primary N) is 1. The van der Waals surface area contributed by atoms with Crippen molar-refractivity contribution in [3.05, 3.63) is 0 Å². The smallest absolute Gasteiger partial charge is 0.393 e. The molecule has 0 radical (unpaired) electrons. The monoisotopic (exact) mass is 295 g/mol. The first-order valence-corrected chi connectivity index (χ1v) is 6.51. The Balaban J connectivity index is 2.85. The maximum Gasteiger partial charge on any atom is 0.393 e. The highest BCUT2D eigenvalue weighted by Gasteiger charge is 2.44. The van der Waals surface area contributed by atoms with E-state index in [9.17, 15) is 18.0 Å². The largest absolute Gasteiger partial charge is 0.409 e. The molecular weight excluding hydrogens is 275 g/mol. The van der Waals surface area contributed by atoms with Crippen molar-refractivity contribution in [1.82, 2.24) is 4.90 Å². The number of amidine groups is 1. The number of halogens is 3. The molecule has 0 aromatic rings. The average Bonchev–Trinajstić information content (AvgIpc) is 2.37. The molecule has 1 amide bonds. The summed E-state index contributed by atoms with van der Waals surface area (Å²) in [6, 6.07) is 0. The zero-order chi connectivity index (χ0) is 15.5. The standard InChI is InChI=1S/C12H20F3N3O2/c1-7(2)9(10(16)17-20)11(19)18-5-3-4-8(6-18)12(13,14)15/h7-9,20H,3-6H2,1-2H3,(H2,16,17). The minimum Gasteiger partial charge on any atom is -0.409 e. The molecule has 2 unspecified atom stereocenters. The summed E-state index contributed by atoms with van der Waals surface area (Å²) in [5.74, 6) is -3.43. The van der Waals surface area contributed by atoms with Crippen molar-refractivity contribution in [2.45, 2.75) is 32.9 Å². The number of nitrogens with zero attached hydrogens (tertiary/aromatic N) is 2. The van der Waals surface area contributed by atoms with Gasteiger partial charge in [0.2, 0.25) is 5.91 Å². The second-order valence-electron chi connectivity index (χ2n) is 5.41. The fourth-order valence-corrected chi connectivity index (χ4v) is 2.46. The molecule has 8 heteroatoms. The molecule has 3 N–H and O–H groups in total. The molecule has 1 fully saturated rings. The van der Waals surface area contributed by atoms with Crippen LogP contribution >= 0.6 is 0 Å². The summed E-state index contributed by atoms with van der Waals surface area (Å²) in [5.41, 5.74) is 5.48. The van der Waals surface area contributed by atoms with E-state index in [4.69, 9.17) is 10.9 Å². The number of hydrogen-bond acceptors (Lipinski definition) is 3. The Morgan fingerprint density at radius 3 is 2.50 bits per heavy atom. The third kappa shape index (κ3) is 3.77. The van der Waals surface area contributed by atoms with Gasteiger partial charge >= 0.3 is 6.18 Å². The second-order valence-corrected chi connectivity index (χ2v) is 5.41. The van der Waals surface area contributed by atoms with Crippen molar-refractivity contribution < 1.29 is 23.2 Å². The minimum atomic E-state index is -4.30. The summed E-state index contributed by atoms with van der Waals surface area (Å²) >= 11 is 0. The van der Waals surface area contributed by atoms with Gasteiger partial charge in [-0.15, -0.1) is 0 Å². The van der Waals surface area contributed by atoms with Crippen LogP contribution in [-0.4, -0.2) is 41.1 Å². The molecule has 1 rings (SSSR count). The Morgan fingerprint density at radius 2 is 2.05 bits per heavy atom. The molecule has 0 aromatic carbocycles. The van der Waals surface area contributed by atoms with Gasteiger partial charge in [0.15, 0.2) is 5.84 Å². The Hall–Kier alpha value is -1.47. The molecule has 116 valence electrons. The van der Waals surface area contributed by atoms with E-state index in [1.54, 1.807) is 13.8 Å². The SMILES string of the molecule is CC(C)C(C(=O)N1CCCC(C(F)(F)F)C1)C(N)=NO. The van der Waals surface area contributed by atoms with Crippen LogP contribution in [0.2, 0.25) is 0 Å². The van der Waals surface area contributed by atoms with Gasteiger partial charge in [0.25, 0.3) is 0 Å². The molecule has 2 atom stereocenters. The number of likely N-dealkylation sites (tertiary alicyclic amines) is 1. The summed E-state index contributed by atoms with van der Waals surface area (Å²) < 4.78 is 38.2. The summed E-state index contributed by atoms with van der Waals surface area (Å²) in [6.45, 7) is 3.31. The zero-order valence-electron chi connectivity index (χ0n) is 11.5. The van der Waals surface area contributed by atoms with Crippen LogP contribution in [-0.2, 0) is 4.79 Å². The number of oxime groups is 1. The Kier molecular flexibility index (Phi) is 5.24. The Labute approximate surface area is 115 Å². The summed E-state index contributed by atoms with van der Waals surface area (Å²) in [6.07, 6.45) is -3.97. The predicted molar refractivity (Wildman–Crippen MR) is 67.1 cm³/mol. The number of carbonyl (C=O) groups is 1. The lowest BCUT2D eigenvalue weighted by molar-refractivity contribution is -0.188. The quantitative estimate of drug-likeness (QED) is 0.361. The maximum atomic E-state index is 12.7. The van der Waals surface area contributed by atoms with Gasteiger partial charge in [-0.3, -0.25) is 4.79 Å². The molecule has 1 saturated heterocycles. The number of carbonyl (C=O) groups excluding carboxylic acids is 1. The molecule has 1 aliphatic heterocycles. The van der Waals surface area contributed by atoms with Crippen molar-refractivity contribution >= 4 is 11.7 Å². The Morgan fingerprint density at radius 1 is 1.45 bits per heavy atom. The first kappa shape index (κ1) is 16.6. The van der Waals surface area contributed by atoms with E-state index in [1.807, 2.05) is 0 Å². The van der Waals surface area contributed by atoms with E-state index in [-0.39, 0.29) is 31.3 Å². The second kappa shape index (κ2) is 6.32. The fraction of sp³-hybridized carbons (Fsp3) is 0.833. The minimum absolute atomic E-state index is 0.0309. The maximum absolute atomic E-state index is 12.7. The van der Waals surface area contributed by atoms with Crippen LogP contribution in [0.25, 0.3) is 0 Å². The predicted octanol–water partition coefficient (Wildman–Crippen LogP) is 1.81. The van der Waals surface area contributed by atoms with Crippen molar-refractivity contribution in [3.63, 3.8) is 0 Å². The van der Waals surface area contributed by atoms with Gasteiger partial charge in [-0.2, -0.15) is 13.2 Å². The summed E-state index contributed by atoms with van der Waals surface area (Å²) in [4.78, 5) is 13.5. The lowest BCUT2D eigenvalue weighted by Crippen LogP contribution is -2.50. The number of hydrogen-bond donors (Lipinski definition) is 2. The van der Waals surface area contributed by atoms with Crippen LogP contribution < -0.4 is 5.73 Å². The highest BCUT2D eigenvalue weighted by atomic mass is 19.4.